The molecule has 0 bridgehead atoms. The largest absolute Gasteiger partial charge is 0.497 e. The molecule has 0 aliphatic carbocycles. The molecule has 0 spiro atoms. The third-order valence-electron chi connectivity index (χ3n) is 2.09. The van der Waals surface area contributed by atoms with Crippen molar-refractivity contribution in [2.45, 2.75) is 0 Å². The number of rotatable bonds is 5. The Morgan fingerprint density at radius 3 is 2.89 bits per heavy atom. The van der Waals surface area contributed by atoms with Crippen molar-refractivity contribution in [1.29, 1.82) is 0 Å². The van der Waals surface area contributed by atoms with Crippen molar-refractivity contribution in [2.24, 2.45) is 5.10 Å². The van der Waals surface area contributed by atoms with Gasteiger partial charge in [-0.3, -0.25) is 9.59 Å². The molecule has 1 aromatic rings. The molecule has 0 radical (unpaired) electrons. The van der Waals surface area contributed by atoms with Gasteiger partial charge < -0.3 is 10.1 Å². The van der Waals surface area contributed by atoms with Crippen molar-refractivity contribution in [1.82, 2.24) is 10.7 Å². The molecule has 19 heavy (non-hydrogen) atoms. The van der Waals surface area contributed by atoms with Gasteiger partial charge in [-0.15, -0.1) is 6.58 Å². The van der Waals surface area contributed by atoms with Crippen LogP contribution in [0.3, 0.4) is 0 Å². The second-order valence-corrected chi connectivity index (χ2v) is 3.47. The quantitative estimate of drug-likeness (QED) is 0.349. The number of methoxy groups -OCH3 is 1. The molecule has 0 aromatic heterocycles. The maximum atomic E-state index is 11.3. The molecular weight excluding hydrogens is 246 g/mol. The molecule has 1 rings (SSSR count). The fourth-order valence-electron chi connectivity index (χ4n) is 1.18. The van der Waals surface area contributed by atoms with E-state index in [9.17, 15) is 9.59 Å². The van der Waals surface area contributed by atoms with Crippen LogP contribution >= 0.6 is 0 Å². The number of hydrazone groups is 1. The van der Waals surface area contributed by atoms with Gasteiger partial charge in [0.25, 0.3) is 0 Å². The van der Waals surface area contributed by atoms with Gasteiger partial charge in [0.15, 0.2) is 0 Å². The van der Waals surface area contributed by atoms with Gasteiger partial charge in [-0.25, -0.2) is 5.43 Å². The van der Waals surface area contributed by atoms with Crippen molar-refractivity contribution >= 4 is 18.0 Å². The zero-order chi connectivity index (χ0) is 14.1. The van der Waals surface area contributed by atoms with E-state index in [4.69, 9.17) is 4.74 Å². The molecule has 0 saturated heterocycles. The minimum Gasteiger partial charge on any atom is -0.497 e. The van der Waals surface area contributed by atoms with E-state index < -0.39 is 11.8 Å². The number of nitrogens with one attached hydrogen (secondary N) is 2. The van der Waals surface area contributed by atoms with Gasteiger partial charge in [0.2, 0.25) is 0 Å². The van der Waals surface area contributed by atoms with E-state index in [2.05, 4.69) is 22.4 Å². The lowest BCUT2D eigenvalue weighted by Crippen LogP contribution is -2.37. The summed E-state index contributed by atoms with van der Waals surface area (Å²) < 4.78 is 5.04. The van der Waals surface area contributed by atoms with E-state index in [1.54, 1.807) is 31.4 Å². The molecule has 6 nitrogen and oxygen atoms in total. The van der Waals surface area contributed by atoms with Gasteiger partial charge in [0, 0.05) is 6.54 Å². The molecule has 0 saturated carbocycles. The normalized spacial score (nSPS) is 9.95. The number of carbonyl (C=O) groups excluding carboxylic acids is 2. The van der Waals surface area contributed by atoms with E-state index >= 15 is 0 Å². The lowest BCUT2D eigenvalue weighted by Gasteiger charge is -2.01. The van der Waals surface area contributed by atoms with Crippen molar-refractivity contribution in [3.05, 3.63) is 42.5 Å². The Morgan fingerprint density at radius 1 is 1.42 bits per heavy atom. The summed E-state index contributed by atoms with van der Waals surface area (Å²) in [6.45, 7) is 3.65. The molecule has 0 heterocycles. The third kappa shape index (κ3) is 5.03. The molecule has 0 unspecified atom stereocenters. The minimum absolute atomic E-state index is 0.228. The van der Waals surface area contributed by atoms with E-state index in [1.165, 1.54) is 12.3 Å². The highest BCUT2D eigenvalue weighted by Gasteiger charge is 2.10. The fourth-order valence-corrected chi connectivity index (χ4v) is 1.18. The SMILES string of the molecule is C=CCNC(=O)C(=O)N/N=C\c1cccc(OC)c1. The van der Waals surface area contributed by atoms with E-state index in [0.717, 1.165) is 5.56 Å². The first kappa shape index (κ1) is 14.4. The number of ether oxygens (including phenoxy) is 1. The number of benzene rings is 1. The smallest absolute Gasteiger partial charge is 0.329 e. The van der Waals surface area contributed by atoms with Gasteiger partial charge in [-0.2, -0.15) is 5.10 Å². The minimum atomic E-state index is -0.832. The second kappa shape index (κ2) is 7.65. The summed E-state index contributed by atoms with van der Waals surface area (Å²) in [6.07, 6.45) is 2.89. The molecule has 6 heteroatoms. The summed E-state index contributed by atoms with van der Waals surface area (Å²) in [5.74, 6) is -0.914. The average Bonchev–Trinajstić information content (AvgIpc) is 2.44. The standard InChI is InChI=1S/C13H15N3O3/c1-3-7-14-12(17)13(18)16-15-9-10-5-4-6-11(8-10)19-2/h3-6,8-9H,1,7H2,2H3,(H,14,17)(H,16,18)/b15-9-. The number of hydrogen-bond acceptors (Lipinski definition) is 4. The number of carbonyl (C=O) groups is 2. The molecule has 2 amide bonds. The third-order valence-corrected chi connectivity index (χ3v) is 2.09. The Morgan fingerprint density at radius 2 is 2.21 bits per heavy atom. The zero-order valence-electron chi connectivity index (χ0n) is 10.6. The Kier molecular flexibility index (Phi) is 5.81. The van der Waals surface area contributed by atoms with Crippen LogP contribution in [-0.2, 0) is 9.59 Å². The van der Waals surface area contributed by atoms with Gasteiger partial charge in [-0.1, -0.05) is 18.2 Å². The Balaban J connectivity index is 2.50. The van der Waals surface area contributed by atoms with Crippen LogP contribution in [0, 0.1) is 0 Å². The van der Waals surface area contributed by atoms with E-state index in [-0.39, 0.29) is 6.54 Å². The molecule has 0 atom stereocenters. The maximum Gasteiger partial charge on any atom is 0.329 e. The Hall–Kier alpha value is -2.63. The average molecular weight is 261 g/mol. The van der Waals surface area contributed by atoms with Crippen molar-refractivity contribution in [3.8, 4) is 5.75 Å². The molecule has 2 N–H and O–H groups in total. The monoisotopic (exact) mass is 261 g/mol. The van der Waals surface area contributed by atoms with E-state index in [0.29, 0.717) is 5.75 Å². The van der Waals surface area contributed by atoms with Crippen LogP contribution in [0.2, 0.25) is 0 Å². The molecular formula is C13H15N3O3. The van der Waals surface area contributed by atoms with Crippen LogP contribution < -0.4 is 15.5 Å². The first-order valence-electron chi connectivity index (χ1n) is 5.53. The van der Waals surface area contributed by atoms with Crippen LogP contribution in [0.1, 0.15) is 5.56 Å². The van der Waals surface area contributed by atoms with Crippen LogP contribution in [-0.4, -0.2) is 31.7 Å². The van der Waals surface area contributed by atoms with Gasteiger partial charge in [-0.05, 0) is 17.7 Å². The summed E-state index contributed by atoms with van der Waals surface area (Å²) in [5.41, 5.74) is 2.86. The summed E-state index contributed by atoms with van der Waals surface area (Å²) in [5, 5.41) is 6.02. The fraction of sp³-hybridized carbons (Fsp3) is 0.154. The van der Waals surface area contributed by atoms with Gasteiger partial charge in [0.05, 0.1) is 13.3 Å². The van der Waals surface area contributed by atoms with E-state index in [1.807, 2.05) is 0 Å². The Labute approximate surface area is 111 Å². The Bertz CT molecular complexity index is 498. The predicted molar refractivity (Wildman–Crippen MR) is 71.9 cm³/mol. The highest BCUT2D eigenvalue weighted by Crippen LogP contribution is 2.10. The molecule has 0 fully saturated rings. The first-order valence-corrected chi connectivity index (χ1v) is 5.53. The van der Waals surface area contributed by atoms with Crippen LogP contribution in [0.25, 0.3) is 0 Å². The van der Waals surface area contributed by atoms with Crippen LogP contribution in [0.15, 0.2) is 42.0 Å². The highest BCUT2D eigenvalue weighted by molar-refractivity contribution is 6.35. The molecule has 0 aliphatic rings. The lowest BCUT2D eigenvalue weighted by atomic mass is 10.2. The summed E-state index contributed by atoms with van der Waals surface area (Å²) in [4.78, 5) is 22.4. The van der Waals surface area contributed by atoms with Crippen LogP contribution in [0.5, 0.6) is 5.75 Å². The molecule has 1 aromatic carbocycles. The van der Waals surface area contributed by atoms with Crippen LogP contribution in [0.4, 0.5) is 0 Å². The second-order valence-electron chi connectivity index (χ2n) is 3.47. The van der Waals surface area contributed by atoms with Crippen molar-refractivity contribution in [3.63, 3.8) is 0 Å². The molecule has 0 aliphatic heterocycles. The van der Waals surface area contributed by atoms with Crippen molar-refractivity contribution < 1.29 is 14.3 Å². The number of amides is 2. The first-order chi connectivity index (χ1) is 9.17. The number of hydrogen-bond donors (Lipinski definition) is 2. The summed E-state index contributed by atoms with van der Waals surface area (Å²) >= 11 is 0. The number of nitrogens with zero attached hydrogens (tertiary/aromatic N) is 1. The highest BCUT2D eigenvalue weighted by atomic mass is 16.5. The predicted octanol–water partition coefficient (Wildman–Crippen LogP) is 0.447. The summed E-state index contributed by atoms with van der Waals surface area (Å²) in [6, 6.07) is 7.11. The molecule has 100 valence electrons. The topological polar surface area (TPSA) is 79.8 Å². The zero-order valence-corrected chi connectivity index (χ0v) is 10.6. The maximum absolute atomic E-state index is 11.3. The van der Waals surface area contributed by atoms with Gasteiger partial charge in [0.1, 0.15) is 5.75 Å². The van der Waals surface area contributed by atoms with Gasteiger partial charge >= 0.3 is 11.8 Å². The summed E-state index contributed by atoms with van der Waals surface area (Å²) in [7, 11) is 1.56. The lowest BCUT2D eigenvalue weighted by molar-refractivity contribution is -0.139. The van der Waals surface area contributed by atoms with Crippen molar-refractivity contribution in [2.75, 3.05) is 13.7 Å².